The van der Waals surface area contributed by atoms with Crippen LogP contribution in [0.4, 0.5) is 0 Å². The van der Waals surface area contributed by atoms with Gasteiger partial charge in [-0.2, -0.15) is 0 Å². The van der Waals surface area contributed by atoms with Gasteiger partial charge in [0.2, 0.25) is 4.73 Å². The van der Waals surface area contributed by atoms with Gasteiger partial charge in [-0.15, -0.1) is 5.10 Å². The van der Waals surface area contributed by atoms with E-state index in [9.17, 15) is 9.90 Å². The number of pyridine rings is 1. The van der Waals surface area contributed by atoms with Gasteiger partial charge in [-0.1, -0.05) is 6.92 Å². The SMILES string of the molecule is CCC(O)C(C)NC(=O)c1ccc2nc(Br)nn2c1. The van der Waals surface area contributed by atoms with E-state index in [1.807, 2.05) is 6.92 Å². The zero-order valence-corrected chi connectivity index (χ0v) is 12.3. The van der Waals surface area contributed by atoms with Crippen LogP contribution in [0.5, 0.6) is 0 Å². The molecule has 2 unspecified atom stereocenters. The molecule has 0 saturated heterocycles. The normalized spacial score (nSPS) is 14.3. The molecule has 2 aromatic heterocycles. The van der Waals surface area contributed by atoms with E-state index in [4.69, 9.17) is 0 Å². The molecule has 2 atom stereocenters. The third-order valence-corrected chi connectivity index (χ3v) is 3.26. The molecule has 2 aromatic rings. The average molecular weight is 327 g/mol. The zero-order chi connectivity index (χ0) is 14.0. The fraction of sp³-hybridized carbons (Fsp3) is 0.417. The van der Waals surface area contributed by atoms with Crippen molar-refractivity contribution < 1.29 is 9.90 Å². The lowest BCUT2D eigenvalue weighted by atomic mass is 10.1. The number of hydrogen-bond donors (Lipinski definition) is 2. The number of fused-ring (bicyclic) bond motifs is 1. The molecule has 0 fully saturated rings. The van der Waals surface area contributed by atoms with Gasteiger partial charge in [-0.3, -0.25) is 4.79 Å². The standard InChI is InChI=1S/C12H15BrN4O2/c1-3-9(18)7(2)14-11(19)8-4-5-10-15-12(13)16-17(10)6-8/h4-7,9,18H,3H2,1-2H3,(H,14,19). The summed E-state index contributed by atoms with van der Waals surface area (Å²) in [6, 6.07) is 3.10. The van der Waals surface area contributed by atoms with Crippen LogP contribution in [0.15, 0.2) is 23.1 Å². The minimum Gasteiger partial charge on any atom is -0.391 e. The fourth-order valence-corrected chi connectivity index (χ4v) is 2.08. The monoisotopic (exact) mass is 326 g/mol. The molecule has 102 valence electrons. The fourth-order valence-electron chi connectivity index (χ4n) is 1.73. The van der Waals surface area contributed by atoms with Crippen LogP contribution in [0.3, 0.4) is 0 Å². The number of halogens is 1. The van der Waals surface area contributed by atoms with Crippen LogP contribution in [0.1, 0.15) is 30.6 Å². The van der Waals surface area contributed by atoms with E-state index in [-0.39, 0.29) is 11.9 Å². The van der Waals surface area contributed by atoms with Gasteiger partial charge < -0.3 is 10.4 Å². The number of aliphatic hydroxyl groups is 1. The molecule has 7 heteroatoms. The van der Waals surface area contributed by atoms with Crippen molar-refractivity contribution in [3.63, 3.8) is 0 Å². The lowest BCUT2D eigenvalue weighted by Gasteiger charge is -2.18. The lowest BCUT2D eigenvalue weighted by Crippen LogP contribution is -2.40. The molecule has 2 heterocycles. The number of carbonyl (C=O) groups excluding carboxylic acids is 1. The van der Waals surface area contributed by atoms with Crippen LogP contribution in [0.25, 0.3) is 5.65 Å². The van der Waals surface area contributed by atoms with E-state index >= 15 is 0 Å². The van der Waals surface area contributed by atoms with Crippen molar-refractivity contribution in [3.8, 4) is 0 Å². The Morgan fingerprint density at radius 2 is 2.32 bits per heavy atom. The van der Waals surface area contributed by atoms with Crippen molar-refractivity contribution >= 4 is 27.5 Å². The van der Waals surface area contributed by atoms with E-state index in [1.54, 1.807) is 25.3 Å². The maximum absolute atomic E-state index is 12.0. The summed E-state index contributed by atoms with van der Waals surface area (Å²) in [6.07, 6.45) is 1.65. The molecule has 0 spiro atoms. The first-order chi connectivity index (χ1) is 9.01. The molecule has 0 aliphatic carbocycles. The summed E-state index contributed by atoms with van der Waals surface area (Å²) in [4.78, 5) is 16.1. The van der Waals surface area contributed by atoms with E-state index in [1.165, 1.54) is 4.52 Å². The molecule has 0 radical (unpaired) electrons. The molecule has 0 saturated carbocycles. The van der Waals surface area contributed by atoms with Crippen LogP contribution >= 0.6 is 15.9 Å². The smallest absolute Gasteiger partial charge is 0.253 e. The van der Waals surface area contributed by atoms with Gasteiger partial charge in [0.15, 0.2) is 5.65 Å². The highest BCUT2D eigenvalue weighted by molar-refractivity contribution is 9.10. The maximum atomic E-state index is 12.0. The van der Waals surface area contributed by atoms with Gasteiger partial charge in [-0.25, -0.2) is 9.50 Å². The second kappa shape index (κ2) is 5.66. The Hall–Kier alpha value is -1.47. The second-order valence-corrected chi connectivity index (χ2v) is 5.05. The van der Waals surface area contributed by atoms with Gasteiger partial charge in [-0.05, 0) is 41.4 Å². The molecule has 0 aliphatic rings. The molecule has 6 nitrogen and oxygen atoms in total. The Bertz CT molecular complexity index is 598. The third-order valence-electron chi connectivity index (χ3n) is 2.92. The Morgan fingerprint density at radius 3 is 3.00 bits per heavy atom. The van der Waals surface area contributed by atoms with Crippen LogP contribution < -0.4 is 5.32 Å². The van der Waals surface area contributed by atoms with Gasteiger partial charge in [0, 0.05) is 6.20 Å². The summed E-state index contributed by atoms with van der Waals surface area (Å²) >= 11 is 3.18. The second-order valence-electron chi connectivity index (χ2n) is 4.34. The molecule has 0 aliphatic heterocycles. The van der Waals surface area contributed by atoms with Gasteiger partial charge in [0.05, 0.1) is 17.7 Å². The molecule has 2 rings (SSSR count). The van der Waals surface area contributed by atoms with E-state index < -0.39 is 6.10 Å². The quantitative estimate of drug-likeness (QED) is 0.889. The zero-order valence-electron chi connectivity index (χ0n) is 10.7. The van der Waals surface area contributed by atoms with Crippen LogP contribution in [-0.4, -0.2) is 37.8 Å². The summed E-state index contributed by atoms with van der Waals surface area (Å²) in [5, 5.41) is 16.5. The Kier molecular flexibility index (Phi) is 4.16. The van der Waals surface area contributed by atoms with E-state index in [0.29, 0.717) is 22.4 Å². The number of hydrogen-bond acceptors (Lipinski definition) is 4. The van der Waals surface area contributed by atoms with Crippen LogP contribution in [0.2, 0.25) is 0 Å². The Labute approximate surface area is 119 Å². The van der Waals surface area contributed by atoms with Crippen molar-refractivity contribution in [1.82, 2.24) is 19.9 Å². The van der Waals surface area contributed by atoms with Crippen molar-refractivity contribution in [2.45, 2.75) is 32.4 Å². The third kappa shape index (κ3) is 3.10. The van der Waals surface area contributed by atoms with Gasteiger partial charge in [0.1, 0.15) is 0 Å². The highest BCUT2D eigenvalue weighted by Crippen LogP contribution is 2.09. The maximum Gasteiger partial charge on any atom is 0.253 e. The first-order valence-electron chi connectivity index (χ1n) is 6.02. The number of rotatable bonds is 4. The van der Waals surface area contributed by atoms with Crippen molar-refractivity contribution in [3.05, 3.63) is 28.6 Å². The molecule has 0 bridgehead atoms. The number of nitrogens with zero attached hydrogens (tertiary/aromatic N) is 3. The summed E-state index contributed by atoms with van der Waals surface area (Å²) in [7, 11) is 0. The summed E-state index contributed by atoms with van der Waals surface area (Å²) in [6.45, 7) is 3.64. The van der Waals surface area contributed by atoms with Gasteiger partial charge >= 0.3 is 0 Å². The Morgan fingerprint density at radius 1 is 1.58 bits per heavy atom. The highest BCUT2D eigenvalue weighted by Gasteiger charge is 2.16. The summed E-state index contributed by atoms with van der Waals surface area (Å²) in [5.41, 5.74) is 1.13. The lowest BCUT2D eigenvalue weighted by molar-refractivity contribution is 0.0845. The number of nitrogens with one attached hydrogen (secondary N) is 1. The largest absolute Gasteiger partial charge is 0.391 e. The number of aliphatic hydroxyl groups excluding tert-OH is 1. The summed E-state index contributed by atoms with van der Waals surface area (Å²) in [5.74, 6) is -0.242. The topological polar surface area (TPSA) is 79.5 Å². The molecule has 1 amide bonds. The minimum atomic E-state index is -0.548. The van der Waals surface area contributed by atoms with Crippen LogP contribution in [0, 0.1) is 0 Å². The average Bonchev–Trinajstić information content (AvgIpc) is 2.76. The van der Waals surface area contributed by atoms with E-state index in [0.717, 1.165) is 0 Å². The number of amides is 1. The van der Waals surface area contributed by atoms with Crippen molar-refractivity contribution in [2.75, 3.05) is 0 Å². The first-order valence-corrected chi connectivity index (χ1v) is 6.81. The molecular weight excluding hydrogens is 312 g/mol. The van der Waals surface area contributed by atoms with Crippen molar-refractivity contribution in [1.29, 1.82) is 0 Å². The minimum absolute atomic E-state index is 0.242. The van der Waals surface area contributed by atoms with Crippen molar-refractivity contribution in [2.24, 2.45) is 0 Å². The highest BCUT2D eigenvalue weighted by atomic mass is 79.9. The molecule has 0 aromatic carbocycles. The molecule has 2 N–H and O–H groups in total. The van der Waals surface area contributed by atoms with Crippen LogP contribution in [-0.2, 0) is 0 Å². The predicted molar refractivity (Wildman–Crippen MR) is 73.9 cm³/mol. The number of aromatic nitrogens is 3. The predicted octanol–water partition coefficient (Wildman–Crippen LogP) is 1.38. The van der Waals surface area contributed by atoms with Gasteiger partial charge in [0.25, 0.3) is 5.91 Å². The first kappa shape index (κ1) is 14.0. The Balaban J connectivity index is 2.17. The number of carbonyl (C=O) groups is 1. The molecular formula is C12H15BrN4O2. The van der Waals surface area contributed by atoms with E-state index in [2.05, 4.69) is 31.3 Å². The molecule has 19 heavy (non-hydrogen) atoms. The summed E-state index contributed by atoms with van der Waals surface area (Å²) < 4.78 is 2.00.